The number of unbranched alkanes of at least 4 members (excludes halogenated alkanes) is 1. The van der Waals surface area contributed by atoms with Gasteiger partial charge in [-0.3, -0.25) is 4.79 Å². The number of carboxylic acids is 1. The van der Waals surface area contributed by atoms with Crippen molar-refractivity contribution >= 4 is 18.4 Å². The Balaban J connectivity index is 0. The molecule has 0 aromatic heterocycles. The van der Waals surface area contributed by atoms with E-state index in [9.17, 15) is 4.79 Å². The van der Waals surface area contributed by atoms with Crippen molar-refractivity contribution in [2.45, 2.75) is 25.3 Å². The molecular weight excluding hydrogens is 169 g/mol. The highest BCUT2D eigenvalue weighted by Gasteiger charge is 2.09. The predicted molar refractivity (Wildman–Crippen MR) is 45.8 cm³/mol. The van der Waals surface area contributed by atoms with Gasteiger partial charge in [-0.2, -0.15) is 0 Å². The molecular formula is C6H15ClN2O2. The highest BCUT2D eigenvalue weighted by molar-refractivity contribution is 5.85. The summed E-state index contributed by atoms with van der Waals surface area (Å²) in [5.74, 6) is -0.933. The highest BCUT2D eigenvalue weighted by atomic mass is 35.5. The molecule has 0 saturated heterocycles. The number of aliphatic carboxylic acids is 1. The molecule has 4 nitrogen and oxygen atoms in total. The molecule has 5 N–H and O–H groups in total. The van der Waals surface area contributed by atoms with Crippen LogP contribution in [0.5, 0.6) is 0 Å². The molecule has 68 valence electrons. The summed E-state index contributed by atoms with van der Waals surface area (Å²) in [4.78, 5) is 10.1. The Bertz CT molecular complexity index is 111. The minimum absolute atomic E-state index is 0. The monoisotopic (exact) mass is 183 g/mol. The first-order valence-electron chi connectivity index (χ1n) is 3.37. The zero-order chi connectivity index (χ0) is 7.98. The lowest BCUT2D eigenvalue weighted by Crippen LogP contribution is -2.29. The van der Waals surface area contributed by atoms with Crippen LogP contribution in [0.15, 0.2) is 0 Å². The van der Waals surface area contributed by atoms with Gasteiger partial charge in [0.05, 0.1) is 0 Å². The van der Waals surface area contributed by atoms with Crippen LogP contribution in [0, 0.1) is 0 Å². The normalized spacial score (nSPS) is 11.8. The first-order chi connectivity index (χ1) is 4.68. The van der Waals surface area contributed by atoms with Crippen molar-refractivity contribution in [3.63, 3.8) is 0 Å². The molecule has 0 spiro atoms. The maximum Gasteiger partial charge on any atom is 0.320 e. The van der Waals surface area contributed by atoms with E-state index < -0.39 is 12.0 Å². The molecule has 0 amide bonds. The number of rotatable bonds is 5. The average molecular weight is 184 g/mol. The lowest BCUT2D eigenvalue weighted by atomic mass is 10.1. The molecule has 0 aromatic rings. The van der Waals surface area contributed by atoms with Gasteiger partial charge in [0.2, 0.25) is 0 Å². The summed E-state index contributed by atoms with van der Waals surface area (Å²) >= 11 is 0. The largest absolute Gasteiger partial charge is 0.480 e. The highest BCUT2D eigenvalue weighted by Crippen LogP contribution is 1.96. The molecule has 0 saturated carbocycles. The van der Waals surface area contributed by atoms with E-state index in [0.29, 0.717) is 13.0 Å². The van der Waals surface area contributed by atoms with Gasteiger partial charge in [0.25, 0.3) is 0 Å². The second kappa shape index (κ2) is 7.78. The van der Waals surface area contributed by atoms with Crippen LogP contribution >= 0.6 is 12.4 Å². The van der Waals surface area contributed by atoms with Crippen LogP contribution in [0.25, 0.3) is 0 Å². The van der Waals surface area contributed by atoms with E-state index in [0.717, 1.165) is 12.8 Å². The van der Waals surface area contributed by atoms with Gasteiger partial charge in [-0.15, -0.1) is 12.4 Å². The summed E-state index contributed by atoms with van der Waals surface area (Å²) < 4.78 is 0. The van der Waals surface area contributed by atoms with Crippen LogP contribution in [0.3, 0.4) is 0 Å². The molecule has 1 atom stereocenters. The van der Waals surface area contributed by atoms with Crippen molar-refractivity contribution in [2.24, 2.45) is 11.5 Å². The average Bonchev–Trinajstić information content (AvgIpc) is 1.88. The van der Waals surface area contributed by atoms with Crippen molar-refractivity contribution in [1.82, 2.24) is 0 Å². The van der Waals surface area contributed by atoms with Crippen LogP contribution in [0.4, 0.5) is 0 Å². The predicted octanol–water partition coefficient (Wildman–Crippen LogP) is -0.0509. The molecule has 0 aliphatic rings. The van der Waals surface area contributed by atoms with Crippen molar-refractivity contribution in [3.05, 3.63) is 0 Å². The minimum atomic E-state index is -0.933. The van der Waals surface area contributed by atoms with Crippen LogP contribution in [-0.2, 0) is 4.79 Å². The third-order valence-electron chi connectivity index (χ3n) is 1.29. The number of carbonyl (C=O) groups is 1. The third-order valence-corrected chi connectivity index (χ3v) is 1.29. The van der Waals surface area contributed by atoms with E-state index in [2.05, 4.69) is 0 Å². The number of halogens is 1. The second-order valence-corrected chi connectivity index (χ2v) is 2.23. The van der Waals surface area contributed by atoms with Gasteiger partial charge < -0.3 is 16.6 Å². The number of carboxylic acid groups (broad SMARTS) is 1. The number of hydrogen-bond acceptors (Lipinski definition) is 3. The summed E-state index contributed by atoms with van der Waals surface area (Å²) in [6.45, 7) is 0.604. The first-order valence-corrected chi connectivity index (χ1v) is 3.37. The van der Waals surface area contributed by atoms with Crippen LogP contribution in [0.2, 0.25) is 0 Å². The smallest absolute Gasteiger partial charge is 0.320 e. The number of hydrogen-bond donors (Lipinski definition) is 3. The zero-order valence-corrected chi connectivity index (χ0v) is 7.14. The molecule has 0 unspecified atom stereocenters. The second-order valence-electron chi connectivity index (χ2n) is 2.23. The van der Waals surface area contributed by atoms with Gasteiger partial charge >= 0.3 is 5.97 Å². The van der Waals surface area contributed by atoms with Gasteiger partial charge in [0, 0.05) is 0 Å². The van der Waals surface area contributed by atoms with E-state index in [4.69, 9.17) is 16.6 Å². The van der Waals surface area contributed by atoms with Gasteiger partial charge in [0.15, 0.2) is 0 Å². The zero-order valence-electron chi connectivity index (χ0n) is 6.32. The molecule has 0 aliphatic heterocycles. The van der Waals surface area contributed by atoms with Crippen LogP contribution in [-0.4, -0.2) is 23.7 Å². The van der Waals surface area contributed by atoms with E-state index in [1.54, 1.807) is 0 Å². The van der Waals surface area contributed by atoms with Crippen molar-refractivity contribution in [1.29, 1.82) is 0 Å². The molecule has 0 radical (unpaired) electrons. The summed E-state index contributed by atoms with van der Waals surface area (Å²) in [5.41, 5.74) is 10.4. The van der Waals surface area contributed by atoms with Gasteiger partial charge in [-0.05, 0) is 19.4 Å². The quantitative estimate of drug-likeness (QED) is 0.412. The summed E-state index contributed by atoms with van der Waals surface area (Å²) in [5, 5.41) is 8.33. The molecule has 0 rings (SSSR count). The van der Waals surface area contributed by atoms with E-state index in [1.165, 1.54) is 0 Å². The Morgan fingerprint density at radius 1 is 1.45 bits per heavy atom. The molecule has 5 heteroatoms. The maximum absolute atomic E-state index is 10.1. The summed E-state index contributed by atoms with van der Waals surface area (Å²) in [6.07, 6.45) is 2.16. The molecule has 0 aliphatic carbocycles. The number of nitrogens with two attached hydrogens (primary N) is 2. The minimum Gasteiger partial charge on any atom is -0.480 e. The standard InChI is InChI=1S/C6H14N2O2.ClH/c7-4-2-1-3-5(8)6(9)10;/h5H,1-4,7-8H2,(H,9,10);1H/t5-;/m0./s1/i4+1;. The first kappa shape index (κ1) is 13.3. The van der Waals surface area contributed by atoms with Crippen LogP contribution in [0.1, 0.15) is 19.3 Å². The Labute approximate surface area is 72.4 Å². The topological polar surface area (TPSA) is 89.3 Å². The van der Waals surface area contributed by atoms with Gasteiger partial charge in [-0.1, -0.05) is 6.42 Å². The Hall–Kier alpha value is -0.320. The lowest BCUT2D eigenvalue weighted by Gasteiger charge is -2.03. The van der Waals surface area contributed by atoms with Crippen molar-refractivity contribution in [3.8, 4) is 0 Å². The van der Waals surface area contributed by atoms with E-state index >= 15 is 0 Å². The third kappa shape index (κ3) is 7.58. The molecule has 0 fully saturated rings. The maximum atomic E-state index is 10.1. The summed E-state index contributed by atoms with van der Waals surface area (Å²) in [7, 11) is 0. The Morgan fingerprint density at radius 2 is 2.00 bits per heavy atom. The van der Waals surface area contributed by atoms with Gasteiger partial charge in [-0.25, -0.2) is 0 Å². The fourth-order valence-electron chi connectivity index (χ4n) is 0.632. The SMILES string of the molecule is Cl.N[13CH2]CCC[C@H](N)C(=O)O. The van der Waals surface area contributed by atoms with E-state index in [-0.39, 0.29) is 12.4 Å². The molecule has 0 heterocycles. The van der Waals surface area contributed by atoms with Crippen molar-refractivity contribution in [2.75, 3.05) is 6.54 Å². The van der Waals surface area contributed by atoms with E-state index in [1.807, 2.05) is 0 Å². The fraction of sp³-hybridized carbons (Fsp3) is 0.833. The molecule has 0 bridgehead atoms. The van der Waals surface area contributed by atoms with Crippen LogP contribution < -0.4 is 11.5 Å². The molecule has 0 aromatic carbocycles. The van der Waals surface area contributed by atoms with Crippen molar-refractivity contribution < 1.29 is 9.90 Å². The Kier molecular flexibility index (Phi) is 9.40. The molecule has 11 heavy (non-hydrogen) atoms. The lowest BCUT2D eigenvalue weighted by molar-refractivity contribution is -0.138. The van der Waals surface area contributed by atoms with Gasteiger partial charge in [0.1, 0.15) is 6.04 Å². The summed E-state index contributed by atoms with van der Waals surface area (Å²) in [6, 6.07) is -0.716. The fourth-order valence-corrected chi connectivity index (χ4v) is 0.632. The Morgan fingerprint density at radius 3 is 2.36 bits per heavy atom.